The summed E-state index contributed by atoms with van der Waals surface area (Å²) in [4.78, 5) is 133. The summed E-state index contributed by atoms with van der Waals surface area (Å²) in [6, 6.07) is 4.26. The number of rotatable bonds is 28. The fourth-order valence-electron chi connectivity index (χ4n) is 7.91. The fourth-order valence-corrected chi connectivity index (χ4v) is 7.91. The molecule has 0 radical (unpaired) electrons. The molecule has 406 valence electrons. The van der Waals surface area contributed by atoms with Gasteiger partial charge in [0.05, 0.1) is 18.8 Å². The molecular formula is C49H64N10O16. The van der Waals surface area contributed by atoms with Crippen LogP contribution in [-0.4, -0.2) is 162 Å². The Balaban J connectivity index is 1.60. The second-order valence-electron chi connectivity index (χ2n) is 18.0. The van der Waals surface area contributed by atoms with Crippen molar-refractivity contribution in [3.63, 3.8) is 0 Å². The quantitative estimate of drug-likeness (QED) is 0.0330. The van der Waals surface area contributed by atoms with E-state index in [0.29, 0.717) is 16.7 Å². The van der Waals surface area contributed by atoms with Crippen molar-refractivity contribution in [1.82, 2.24) is 36.8 Å². The molecule has 26 nitrogen and oxygen atoms in total. The Morgan fingerprint density at radius 2 is 0.973 bits per heavy atom. The molecule has 1 aliphatic rings. The molecule has 3 aromatic rings. The second kappa shape index (κ2) is 28.2. The lowest BCUT2D eigenvalue weighted by molar-refractivity contribution is -0.145. The van der Waals surface area contributed by atoms with Crippen LogP contribution in [0.25, 0.3) is 0 Å². The number of nitrogens with two attached hydrogens (primary N) is 3. The highest BCUT2D eigenvalue weighted by Gasteiger charge is 2.41. The number of carboxylic acids is 1. The number of aliphatic hydroxyl groups excluding tert-OH is 2. The standard InChI is InChI=1S/C49H64N10O16/c1-25(61)41(49(74)75)58-45(70)35(22-27-6-12-30(63)13-7-27)55-47(72)38-3-2-20-59(38)48(73)36(23-28-8-14-31(64)15-9-28)56-46(71)37(24-60)57-44(69)34(21-26-4-10-29(62)11-5-26)54-43(68)33(17-19-40(52)66)53-42(67)32(50)16-18-39(51)65/h4-15,25,32-38,41,60-64H,2-3,16-24,50H2,1H3,(H2,51,65)(H2,52,66)(H,53,67)(H,54,68)(H,55,72)(H,56,71)(H,57,69)(H,58,70)(H,74,75)/t25-,32+,33+,34+,35+,36+,37+,38+,41+/m1/s1. The second-order valence-corrected chi connectivity index (χ2v) is 18.0. The minimum atomic E-state index is -1.83. The highest BCUT2D eigenvalue weighted by molar-refractivity contribution is 5.98. The van der Waals surface area contributed by atoms with E-state index in [2.05, 4.69) is 31.9 Å². The van der Waals surface area contributed by atoms with Gasteiger partial charge in [0, 0.05) is 38.6 Å². The van der Waals surface area contributed by atoms with E-state index in [4.69, 9.17) is 17.2 Å². The Morgan fingerprint density at radius 3 is 1.44 bits per heavy atom. The van der Waals surface area contributed by atoms with Gasteiger partial charge < -0.3 is 84.6 Å². The van der Waals surface area contributed by atoms with Crippen LogP contribution in [0.15, 0.2) is 72.8 Å². The molecule has 0 spiro atoms. The molecular weight excluding hydrogens is 985 g/mol. The van der Waals surface area contributed by atoms with Crippen LogP contribution < -0.4 is 49.1 Å². The number of amides is 9. The van der Waals surface area contributed by atoms with Crippen LogP contribution >= 0.6 is 0 Å². The summed E-state index contributed by atoms with van der Waals surface area (Å²) in [5.74, 6) is -10.3. The summed E-state index contributed by atoms with van der Waals surface area (Å²) >= 11 is 0. The summed E-state index contributed by atoms with van der Waals surface area (Å²) in [6.07, 6.45) is -3.26. The molecule has 0 bridgehead atoms. The number of hydrogen-bond donors (Lipinski definition) is 15. The van der Waals surface area contributed by atoms with Gasteiger partial charge in [0.1, 0.15) is 53.5 Å². The minimum absolute atomic E-state index is 0.0319. The van der Waals surface area contributed by atoms with E-state index < -0.39 is 127 Å². The number of likely N-dealkylation sites (tertiary alicyclic amines) is 1. The van der Waals surface area contributed by atoms with E-state index in [-0.39, 0.29) is 75.2 Å². The van der Waals surface area contributed by atoms with Gasteiger partial charge in [0.25, 0.3) is 0 Å². The van der Waals surface area contributed by atoms with Gasteiger partial charge in [-0.25, -0.2) is 4.79 Å². The topological polar surface area (TPSA) is 446 Å². The molecule has 1 saturated heterocycles. The molecule has 4 rings (SSSR count). The van der Waals surface area contributed by atoms with Crippen LogP contribution in [0.3, 0.4) is 0 Å². The number of carboxylic acid groups (broad SMARTS) is 1. The van der Waals surface area contributed by atoms with Gasteiger partial charge in [0.2, 0.25) is 53.2 Å². The van der Waals surface area contributed by atoms with E-state index in [1.54, 1.807) is 0 Å². The van der Waals surface area contributed by atoms with E-state index in [1.807, 2.05) is 0 Å². The summed E-state index contributed by atoms with van der Waals surface area (Å²) in [6.45, 7) is 0.0361. The molecule has 75 heavy (non-hydrogen) atoms. The summed E-state index contributed by atoms with van der Waals surface area (Å²) in [7, 11) is 0. The Kier molecular flexibility index (Phi) is 22.3. The number of hydrogen-bond acceptors (Lipinski definition) is 16. The van der Waals surface area contributed by atoms with Gasteiger partial charge in [-0.1, -0.05) is 36.4 Å². The number of nitrogens with one attached hydrogen (secondary N) is 6. The highest BCUT2D eigenvalue weighted by Crippen LogP contribution is 2.22. The van der Waals surface area contributed by atoms with Crippen molar-refractivity contribution < 1.29 is 78.6 Å². The highest BCUT2D eigenvalue weighted by atomic mass is 16.4. The predicted octanol–water partition coefficient (Wildman–Crippen LogP) is -3.95. The van der Waals surface area contributed by atoms with Crippen LogP contribution in [0, 0.1) is 0 Å². The third kappa shape index (κ3) is 18.6. The molecule has 3 aromatic carbocycles. The lowest BCUT2D eigenvalue weighted by Gasteiger charge is -2.31. The molecule has 1 fully saturated rings. The molecule has 9 atom stereocenters. The average molecular weight is 1050 g/mol. The van der Waals surface area contributed by atoms with Crippen molar-refractivity contribution in [1.29, 1.82) is 0 Å². The number of nitrogens with zero attached hydrogens (tertiary/aromatic N) is 1. The van der Waals surface area contributed by atoms with Gasteiger partial charge in [-0.2, -0.15) is 0 Å². The van der Waals surface area contributed by atoms with E-state index in [9.17, 15) is 78.6 Å². The number of carbonyl (C=O) groups is 10. The number of phenolic OH excluding ortho intramolecular Hbond substituents is 3. The third-order valence-electron chi connectivity index (χ3n) is 12.1. The maximum atomic E-state index is 14.6. The maximum absolute atomic E-state index is 14.6. The van der Waals surface area contributed by atoms with Crippen molar-refractivity contribution in [3.05, 3.63) is 89.5 Å². The van der Waals surface area contributed by atoms with Crippen molar-refractivity contribution >= 4 is 59.1 Å². The lowest BCUT2D eigenvalue weighted by atomic mass is 10.0. The number of aliphatic carboxylic acids is 1. The zero-order valence-corrected chi connectivity index (χ0v) is 40.8. The average Bonchev–Trinajstić information content (AvgIpc) is 3.86. The van der Waals surface area contributed by atoms with Gasteiger partial charge in [-0.05, 0) is 85.7 Å². The monoisotopic (exact) mass is 1050 g/mol. The molecule has 0 aliphatic carbocycles. The molecule has 9 amide bonds. The number of carbonyl (C=O) groups excluding carboxylic acids is 9. The maximum Gasteiger partial charge on any atom is 0.328 e. The van der Waals surface area contributed by atoms with Crippen LogP contribution in [0.5, 0.6) is 17.2 Å². The SMILES string of the molecule is C[C@@H](O)[C@H](NC(=O)[C@H](Cc1ccc(O)cc1)NC(=O)[C@@H]1CCCN1C(=O)[C@H](Cc1ccc(O)cc1)NC(=O)[C@H](CO)NC(=O)[C@H](Cc1ccc(O)cc1)NC(=O)[C@H](CCC(N)=O)NC(=O)[C@@H](N)CCC(N)=O)C(=O)O. The molecule has 0 unspecified atom stereocenters. The number of primary amides is 2. The first kappa shape index (κ1) is 59.2. The van der Waals surface area contributed by atoms with Gasteiger partial charge in [-0.3, -0.25) is 43.2 Å². The summed E-state index contributed by atoms with van der Waals surface area (Å²) in [5, 5.41) is 74.4. The van der Waals surface area contributed by atoms with E-state index >= 15 is 0 Å². The molecule has 1 aliphatic heterocycles. The molecule has 0 aromatic heterocycles. The zero-order valence-electron chi connectivity index (χ0n) is 40.8. The van der Waals surface area contributed by atoms with Crippen molar-refractivity contribution in [2.75, 3.05) is 13.2 Å². The van der Waals surface area contributed by atoms with Crippen LogP contribution in [-0.2, 0) is 67.2 Å². The molecule has 18 N–H and O–H groups in total. The summed E-state index contributed by atoms with van der Waals surface area (Å²) < 4.78 is 0. The largest absolute Gasteiger partial charge is 0.508 e. The fraction of sp³-hybridized carbons (Fsp3) is 0.429. The van der Waals surface area contributed by atoms with Gasteiger partial charge in [-0.15, -0.1) is 0 Å². The van der Waals surface area contributed by atoms with Crippen molar-refractivity contribution in [2.24, 2.45) is 17.2 Å². The summed E-state index contributed by atoms with van der Waals surface area (Å²) in [5.41, 5.74) is 17.6. The van der Waals surface area contributed by atoms with Crippen LogP contribution in [0.4, 0.5) is 0 Å². The predicted molar refractivity (Wildman–Crippen MR) is 263 cm³/mol. The smallest absolute Gasteiger partial charge is 0.328 e. The number of phenols is 3. The first-order valence-corrected chi connectivity index (χ1v) is 23.8. The first-order chi connectivity index (χ1) is 35.4. The Hall–Kier alpha value is -8.36. The molecule has 26 heteroatoms. The van der Waals surface area contributed by atoms with E-state index in [1.165, 1.54) is 72.8 Å². The third-order valence-corrected chi connectivity index (χ3v) is 12.1. The number of aromatic hydroxyl groups is 3. The minimum Gasteiger partial charge on any atom is -0.508 e. The van der Waals surface area contributed by atoms with Crippen LogP contribution in [0.1, 0.15) is 62.1 Å². The lowest BCUT2D eigenvalue weighted by Crippen LogP contribution is -2.61. The van der Waals surface area contributed by atoms with Crippen molar-refractivity contribution in [3.8, 4) is 17.2 Å². The Labute approximate surface area is 429 Å². The first-order valence-electron chi connectivity index (χ1n) is 23.8. The van der Waals surface area contributed by atoms with Crippen molar-refractivity contribution in [2.45, 2.75) is 119 Å². The molecule has 1 heterocycles. The number of aliphatic hydroxyl groups is 2. The Morgan fingerprint density at radius 1 is 0.573 bits per heavy atom. The van der Waals surface area contributed by atoms with Gasteiger partial charge >= 0.3 is 5.97 Å². The molecule has 0 saturated carbocycles. The number of benzene rings is 3. The van der Waals surface area contributed by atoms with E-state index in [0.717, 1.165) is 11.8 Å². The Bertz CT molecular complexity index is 2510. The normalized spacial score (nSPS) is 16.3. The zero-order chi connectivity index (χ0) is 55.5. The van der Waals surface area contributed by atoms with Gasteiger partial charge in [0.15, 0.2) is 6.04 Å². The van der Waals surface area contributed by atoms with Crippen LogP contribution in [0.2, 0.25) is 0 Å².